The Morgan fingerprint density at radius 3 is 1.87 bits per heavy atom. The summed E-state index contributed by atoms with van der Waals surface area (Å²) in [5.41, 5.74) is 18.8. The highest BCUT2D eigenvalue weighted by Crippen LogP contribution is 2.64. The fourth-order valence-electron chi connectivity index (χ4n) is 8.97. The summed E-state index contributed by atoms with van der Waals surface area (Å²) in [6, 6.07) is 55.3. The van der Waals surface area contributed by atoms with Gasteiger partial charge >= 0.3 is 0 Å². The molecule has 0 aliphatic heterocycles. The van der Waals surface area contributed by atoms with Gasteiger partial charge in [0.05, 0.1) is 11.1 Å². The quantitative estimate of drug-likeness (QED) is 0.121. The molecule has 8 aromatic rings. The SMILES string of the molecule is C=C/C=C\C(=C)C=NC(=C)c1cccc2oc3ccc(-c4cccc(-c5cccc6c5C5(c7ccccc7-c7ccccc75)c5ccccc5-6)c4)cc3c12. The summed E-state index contributed by atoms with van der Waals surface area (Å²) in [6.45, 7) is 12.1. The Morgan fingerprint density at radius 2 is 1.15 bits per heavy atom. The lowest BCUT2D eigenvalue weighted by Crippen LogP contribution is -2.26. The van der Waals surface area contributed by atoms with Crippen LogP contribution in [0.5, 0.6) is 0 Å². The van der Waals surface area contributed by atoms with Crippen LogP contribution in [0.15, 0.2) is 205 Å². The Balaban J connectivity index is 1.13. The van der Waals surface area contributed by atoms with Crippen molar-refractivity contribution >= 4 is 33.9 Å². The number of hydrogen-bond acceptors (Lipinski definition) is 2. The Morgan fingerprint density at radius 1 is 0.556 bits per heavy atom. The second kappa shape index (κ2) is 12.3. The molecule has 0 atom stereocenters. The summed E-state index contributed by atoms with van der Waals surface area (Å²) in [4.78, 5) is 4.67. The maximum absolute atomic E-state index is 6.37. The summed E-state index contributed by atoms with van der Waals surface area (Å²) in [5.74, 6) is 0. The zero-order valence-corrected chi connectivity index (χ0v) is 29.7. The predicted octanol–water partition coefficient (Wildman–Crippen LogP) is 13.6. The van der Waals surface area contributed by atoms with Crippen LogP contribution in [0.25, 0.3) is 72.1 Å². The number of fused-ring (bicyclic) bond motifs is 13. The van der Waals surface area contributed by atoms with Crippen molar-refractivity contribution in [2.75, 3.05) is 0 Å². The van der Waals surface area contributed by atoms with Crippen LogP contribution in [0, 0.1) is 0 Å². The van der Waals surface area contributed by atoms with Crippen molar-refractivity contribution in [3.8, 4) is 44.5 Å². The van der Waals surface area contributed by atoms with E-state index in [1.165, 1.54) is 55.6 Å². The molecule has 2 heteroatoms. The first-order valence-corrected chi connectivity index (χ1v) is 18.3. The molecule has 10 rings (SSSR count). The van der Waals surface area contributed by atoms with Crippen molar-refractivity contribution in [3.05, 3.63) is 223 Å². The standard InChI is InChI=1S/C52H35NO/c1-4-5-15-33(2)32-53-34(3)38-21-14-27-49-50(38)44-31-36(28-29-48(44)54-49)35-16-12-17-37(30-35)39-22-13-23-43-42-20-8-11-26-47(42)52(51(39)43)45-24-9-6-18-40(45)41-19-7-10-25-46(41)52/h4-32H,1-3H2/b15-5-,53-32?. The van der Waals surface area contributed by atoms with Crippen LogP contribution in [-0.2, 0) is 5.41 Å². The second-order valence-corrected chi connectivity index (χ2v) is 14.1. The van der Waals surface area contributed by atoms with Gasteiger partial charge in [-0.15, -0.1) is 0 Å². The molecule has 2 nitrogen and oxygen atoms in total. The first-order chi connectivity index (χ1) is 26.6. The van der Waals surface area contributed by atoms with E-state index in [2.05, 4.69) is 164 Å². The summed E-state index contributed by atoms with van der Waals surface area (Å²) >= 11 is 0. The summed E-state index contributed by atoms with van der Waals surface area (Å²) in [7, 11) is 0. The van der Waals surface area contributed by atoms with Gasteiger partial charge in [-0.05, 0) is 96.6 Å². The number of aliphatic imine (C=N–C) groups is 1. The van der Waals surface area contributed by atoms with Crippen molar-refractivity contribution in [1.82, 2.24) is 0 Å². The first-order valence-electron chi connectivity index (χ1n) is 18.3. The Labute approximate surface area is 315 Å². The minimum absolute atomic E-state index is 0.421. The number of furan rings is 1. The van der Waals surface area contributed by atoms with E-state index in [1.807, 2.05) is 24.3 Å². The van der Waals surface area contributed by atoms with E-state index >= 15 is 0 Å². The molecule has 0 N–H and O–H groups in total. The monoisotopic (exact) mass is 689 g/mol. The van der Waals surface area contributed by atoms with Gasteiger partial charge in [0.25, 0.3) is 0 Å². The summed E-state index contributed by atoms with van der Waals surface area (Å²) < 4.78 is 6.37. The van der Waals surface area contributed by atoms with Gasteiger partial charge < -0.3 is 4.42 Å². The highest BCUT2D eigenvalue weighted by atomic mass is 16.3. The molecule has 54 heavy (non-hydrogen) atoms. The average molecular weight is 690 g/mol. The Hall–Kier alpha value is -7.03. The van der Waals surface area contributed by atoms with E-state index in [4.69, 9.17) is 4.42 Å². The summed E-state index contributed by atoms with van der Waals surface area (Å²) in [6.07, 6.45) is 7.15. The third-order valence-electron chi connectivity index (χ3n) is 11.2. The first kappa shape index (κ1) is 31.7. The van der Waals surface area contributed by atoms with Gasteiger partial charge in [-0.2, -0.15) is 0 Å². The molecule has 0 saturated heterocycles. The lowest BCUT2D eigenvalue weighted by molar-refractivity contribution is 0.669. The van der Waals surface area contributed by atoms with Crippen molar-refractivity contribution in [2.24, 2.45) is 4.99 Å². The predicted molar refractivity (Wildman–Crippen MR) is 227 cm³/mol. The van der Waals surface area contributed by atoms with Crippen molar-refractivity contribution in [2.45, 2.75) is 5.41 Å². The highest BCUT2D eigenvalue weighted by molar-refractivity contribution is 6.11. The van der Waals surface area contributed by atoms with E-state index in [0.717, 1.165) is 44.2 Å². The smallest absolute Gasteiger partial charge is 0.136 e. The number of hydrogen-bond donors (Lipinski definition) is 0. The minimum atomic E-state index is -0.421. The van der Waals surface area contributed by atoms with Crippen molar-refractivity contribution in [3.63, 3.8) is 0 Å². The van der Waals surface area contributed by atoms with Crippen LogP contribution >= 0.6 is 0 Å². The largest absolute Gasteiger partial charge is 0.456 e. The average Bonchev–Trinajstić information content (AvgIpc) is 3.86. The molecule has 7 aromatic carbocycles. The molecule has 0 bridgehead atoms. The van der Waals surface area contributed by atoms with Gasteiger partial charge in [-0.3, -0.25) is 4.99 Å². The van der Waals surface area contributed by atoms with Crippen LogP contribution in [0.1, 0.15) is 27.8 Å². The number of rotatable bonds is 7. The lowest BCUT2D eigenvalue weighted by atomic mass is 9.68. The highest BCUT2D eigenvalue weighted by Gasteiger charge is 2.52. The van der Waals surface area contributed by atoms with E-state index in [9.17, 15) is 0 Å². The minimum Gasteiger partial charge on any atom is -0.456 e. The van der Waals surface area contributed by atoms with Crippen molar-refractivity contribution in [1.29, 1.82) is 0 Å². The summed E-state index contributed by atoms with van der Waals surface area (Å²) in [5, 5.41) is 2.03. The zero-order valence-electron chi connectivity index (χ0n) is 29.7. The molecule has 0 radical (unpaired) electrons. The zero-order chi connectivity index (χ0) is 36.4. The van der Waals surface area contributed by atoms with Gasteiger partial charge in [0, 0.05) is 22.6 Å². The van der Waals surface area contributed by atoms with Gasteiger partial charge in [-0.1, -0.05) is 165 Å². The lowest BCUT2D eigenvalue weighted by Gasteiger charge is -2.32. The van der Waals surface area contributed by atoms with Crippen molar-refractivity contribution < 1.29 is 4.42 Å². The van der Waals surface area contributed by atoms with Gasteiger partial charge in [0.1, 0.15) is 11.2 Å². The molecular formula is C52H35NO. The fourth-order valence-corrected chi connectivity index (χ4v) is 8.97. The van der Waals surface area contributed by atoms with E-state index in [1.54, 1.807) is 12.3 Å². The van der Waals surface area contributed by atoms with Crippen LogP contribution in [0.3, 0.4) is 0 Å². The van der Waals surface area contributed by atoms with E-state index in [-0.39, 0.29) is 0 Å². The van der Waals surface area contributed by atoms with Crippen LogP contribution < -0.4 is 0 Å². The molecule has 1 heterocycles. The van der Waals surface area contributed by atoms with Gasteiger partial charge in [-0.25, -0.2) is 0 Å². The molecule has 2 aliphatic carbocycles. The molecule has 2 aliphatic rings. The van der Waals surface area contributed by atoms with Gasteiger partial charge in [0.2, 0.25) is 0 Å². The Kier molecular flexibility index (Phi) is 7.21. The molecule has 0 fully saturated rings. The van der Waals surface area contributed by atoms with Crippen LogP contribution in [0.4, 0.5) is 0 Å². The topological polar surface area (TPSA) is 25.5 Å². The number of nitrogens with zero attached hydrogens (tertiary/aromatic N) is 1. The van der Waals surface area contributed by atoms with Gasteiger partial charge in [0.15, 0.2) is 0 Å². The third-order valence-corrected chi connectivity index (χ3v) is 11.2. The molecule has 1 spiro atoms. The fraction of sp³-hybridized carbons (Fsp3) is 0.0192. The Bertz CT molecular complexity index is 2880. The molecule has 0 amide bonds. The number of benzene rings is 7. The molecule has 1 aromatic heterocycles. The molecule has 0 unspecified atom stereocenters. The maximum Gasteiger partial charge on any atom is 0.136 e. The molecule has 0 saturated carbocycles. The molecule has 254 valence electrons. The maximum atomic E-state index is 6.37. The molecular weight excluding hydrogens is 655 g/mol. The van der Waals surface area contributed by atoms with Crippen LogP contribution in [0.2, 0.25) is 0 Å². The second-order valence-electron chi connectivity index (χ2n) is 14.1. The van der Waals surface area contributed by atoms with E-state index in [0.29, 0.717) is 5.70 Å². The third kappa shape index (κ3) is 4.57. The van der Waals surface area contributed by atoms with E-state index < -0.39 is 5.41 Å². The number of allylic oxidation sites excluding steroid dienone is 4. The van der Waals surface area contributed by atoms with Crippen LogP contribution in [-0.4, -0.2) is 6.21 Å². The normalized spacial score (nSPS) is 13.4.